The Morgan fingerprint density at radius 1 is 0.909 bits per heavy atom. The first-order valence-corrected chi connectivity index (χ1v) is 10.5. The number of aryl methyl sites for hydroxylation is 2. The van der Waals surface area contributed by atoms with Crippen LogP contribution in [-0.2, 0) is 11.2 Å². The first-order chi connectivity index (χ1) is 15.9. The van der Waals surface area contributed by atoms with Gasteiger partial charge in [-0.25, -0.2) is 0 Å². The van der Waals surface area contributed by atoms with Crippen molar-refractivity contribution in [1.29, 1.82) is 0 Å². The SMILES string of the molecule is COc1ccc(-c2oc3cc(C)cc(C)c3c(=O)c2OC(=O)Cc2ccccc2)cc1OC. The molecule has 0 aliphatic heterocycles. The summed E-state index contributed by atoms with van der Waals surface area (Å²) in [5, 5.41) is 0.382. The smallest absolute Gasteiger partial charge is 0.315 e. The van der Waals surface area contributed by atoms with Gasteiger partial charge in [-0.1, -0.05) is 36.4 Å². The number of hydrogen-bond donors (Lipinski definition) is 0. The highest BCUT2D eigenvalue weighted by molar-refractivity contribution is 5.87. The Morgan fingerprint density at radius 3 is 2.33 bits per heavy atom. The van der Waals surface area contributed by atoms with Crippen molar-refractivity contribution in [1.82, 2.24) is 0 Å². The van der Waals surface area contributed by atoms with Crippen LogP contribution < -0.4 is 19.6 Å². The Bertz CT molecular complexity index is 1390. The second-order valence-electron chi connectivity index (χ2n) is 7.75. The topological polar surface area (TPSA) is 75.0 Å². The van der Waals surface area contributed by atoms with Crippen LogP contribution >= 0.6 is 0 Å². The Morgan fingerprint density at radius 2 is 1.64 bits per heavy atom. The Labute approximate surface area is 191 Å². The molecule has 168 valence electrons. The van der Waals surface area contributed by atoms with E-state index in [0.717, 1.165) is 16.7 Å². The summed E-state index contributed by atoms with van der Waals surface area (Å²) in [5.41, 5.74) is 3.03. The molecular formula is C27H24O6. The first-order valence-electron chi connectivity index (χ1n) is 10.5. The molecule has 0 radical (unpaired) electrons. The number of esters is 1. The van der Waals surface area contributed by atoms with Crippen LogP contribution in [0.5, 0.6) is 17.2 Å². The maximum absolute atomic E-state index is 13.5. The third-order valence-electron chi connectivity index (χ3n) is 5.35. The molecule has 4 rings (SSSR count). The quantitative estimate of drug-likeness (QED) is 0.379. The van der Waals surface area contributed by atoms with Crippen molar-refractivity contribution in [3.8, 4) is 28.6 Å². The molecule has 4 aromatic rings. The van der Waals surface area contributed by atoms with E-state index in [2.05, 4.69) is 0 Å². The molecule has 0 saturated heterocycles. The lowest BCUT2D eigenvalue weighted by atomic mass is 10.0. The fourth-order valence-corrected chi connectivity index (χ4v) is 3.85. The molecule has 1 aromatic heterocycles. The number of carbonyl (C=O) groups is 1. The zero-order valence-electron chi connectivity index (χ0n) is 18.9. The van der Waals surface area contributed by atoms with Crippen molar-refractivity contribution >= 4 is 16.9 Å². The van der Waals surface area contributed by atoms with Gasteiger partial charge < -0.3 is 18.6 Å². The Balaban J connectivity index is 1.89. The maximum Gasteiger partial charge on any atom is 0.315 e. The van der Waals surface area contributed by atoms with Crippen LogP contribution in [0.15, 0.2) is 69.9 Å². The number of methoxy groups -OCH3 is 2. The van der Waals surface area contributed by atoms with Crippen LogP contribution in [-0.4, -0.2) is 20.2 Å². The average Bonchev–Trinajstić information content (AvgIpc) is 2.80. The normalized spacial score (nSPS) is 10.8. The third-order valence-corrected chi connectivity index (χ3v) is 5.35. The van der Waals surface area contributed by atoms with Crippen LogP contribution in [0.3, 0.4) is 0 Å². The monoisotopic (exact) mass is 444 g/mol. The van der Waals surface area contributed by atoms with Crippen LogP contribution in [0.1, 0.15) is 16.7 Å². The van der Waals surface area contributed by atoms with Gasteiger partial charge in [-0.2, -0.15) is 0 Å². The zero-order chi connectivity index (χ0) is 23.5. The average molecular weight is 444 g/mol. The largest absolute Gasteiger partial charge is 0.493 e. The lowest BCUT2D eigenvalue weighted by Crippen LogP contribution is -2.18. The Hall–Kier alpha value is -4.06. The van der Waals surface area contributed by atoms with Crippen molar-refractivity contribution in [2.75, 3.05) is 14.2 Å². The number of rotatable bonds is 6. The van der Waals surface area contributed by atoms with Crippen LogP contribution in [0.2, 0.25) is 0 Å². The number of hydrogen-bond acceptors (Lipinski definition) is 6. The van der Waals surface area contributed by atoms with Gasteiger partial charge in [0.15, 0.2) is 17.3 Å². The molecule has 0 unspecified atom stereocenters. The van der Waals surface area contributed by atoms with Gasteiger partial charge in [0, 0.05) is 5.56 Å². The molecule has 3 aromatic carbocycles. The van der Waals surface area contributed by atoms with Gasteiger partial charge in [-0.05, 0) is 54.8 Å². The molecule has 6 heteroatoms. The fraction of sp³-hybridized carbons (Fsp3) is 0.185. The fourth-order valence-electron chi connectivity index (χ4n) is 3.85. The van der Waals surface area contributed by atoms with E-state index in [1.54, 1.807) is 24.3 Å². The van der Waals surface area contributed by atoms with E-state index >= 15 is 0 Å². The molecule has 0 bridgehead atoms. The molecule has 0 aliphatic carbocycles. The van der Waals surface area contributed by atoms with E-state index < -0.39 is 11.4 Å². The van der Waals surface area contributed by atoms with Gasteiger partial charge in [0.2, 0.25) is 11.2 Å². The molecule has 0 spiro atoms. The summed E-state index contributed by atoms with van der Waals surface area (Å²) in [4.78, 5) is 26.3. The molecule has 0 aliphatic rings. The zero-order valence-corrected chi connectivity index (χ0v) is 18.9. The standard InChI is InChI=1S/C27H24O6/c1-16-12-17(2)24-22(13-16)32-26(19-10-11-20(30-3)21(15-19)31-4)27(25(24)29)33-23(28)14-18-8-6-5-7-9-18/h5-13,15H,14H2,1-4H3. The molecule has 0 fully saturated rings. The summed E-state index contributed by atoms with van der Waals surface area (Å²) < 4.78 is 22.5. The summed E-state index contributed by atoms with van der Waals surface area (Å²) in [6.07, 6.45) is 0.0244. The summed E-state index contributed by atoms with van der Waals surface area (Å²) in [6, 6.07) is 18.0. The van der Waals surface area contributed by atoms with Crippen LogP contribution in [0.25, 0.3) is 22.3 Å². The maximum atomic E-state index is 13.5. The van der Waals surface area contributed by atoms with Gasteiger partial charge in [-0.3, -0.25) is 9.59 Å². The van der Waals surface area contributed by atoms with E-state index in [0.29, 0.717) is 28.0 Å². The highest BCUT2D eigenvalue weighted by Gasteiger charge is 2.23. The van der Waals surface area contributed by atoms with Gasteiger partial charge in [0.1, 0.15) is 5.58 Å². The van der Waals surface area contributed by atoms with E-state index in [4.69, 9.17) is 18.6 Å². The summed E-state index contributed by atoms with van der Waals surface area (Å²) >= 11 is 0. The van der Waals surface area contributed by atoms with E-state index in [1.165, 1.54) is 14.2 Å². The minimum Gasteiger partial charge on any atom is -0.493 e. The summed E-state index contributed by atoms with van der Waals surface area (Å²) in [7, 11) is 3.06. The summed E-state index contributed by atoms with van der Waals surface area (Å²) in [5.74, 6) is 0.431. The van der Waals surface area contributed by atoms with Gasteiger partial charge in [-0.15, -0.1) is 0 Å². The lowest BCUT2D eigenvalue weighted by molar-refractivity contribution is -0.133. The molecule has 0 N–H and O–H groups in total. The van der Waals surface area contributed by atoms with Crippen molar-refractivity contribution < 1.29 is 23.4 Å². The Kier molecular flexibility index (Phi) is 6.18. The number of carbonyl (C=O) groups excluding carboxylic acids is 1. The lowest BCUT2D eigenvalue weighted by Gasteiger charge is -2.14. The van der Waals surface area contributed by atoms with Crippen molar-refractivity contribution in [2.24, 2.45) is 0 Å². The molecule has 33 heavy (non-hydrogen) atoms. The third kappa shape index (κ3) is 4.46. The highest BCUT2D eigenvalue weighted by Crippen LogP contribution is 2.37. The van der Waals surface area contributed by atoms with E-state index in [9.17, 15) is 9.59 Å². The van der Waals surface area contributed by atoms with Crippen LogP contribution in [0, 0.1) is 13.8 Å². The van der Waals surface area contributed by atoms with Gasteiger partial charge in [0.25, 0.3) is 0 Å². The van der Waals surface area contributed by atoms with Crippen molar-refractivity contribution in [3.63, 3.8) is 0 Å². The number of fused-ring (bicyclic) bond motifs is 1. The van der Waals surface area contributed by atoms with E-state index in [1.807, 2.05) is 50.2 Å². The van der Waals surface area contributed by atoms with E-state index in [-0.39, 0.29) is 17.9 Å². The molecule has 1 heterocycles. The molecular weight excluding hydrogens is 420 g/mol. The van der Waals surface area contributed by atoms with Crippen molar-refractivity contribution in [3.05, 3.63) is 87.6 Å². The first kappa shape index (κ1) is 22.1. The second-order valence-corrected chi connectivity index (χ2v) is 7.75. The molecule has 6 nitrogen and oxygen atoms in total. The minimum absolute atomic E-state index is 0.0244. The highest BCUT2D eigenvalue weighted by atomic mass is 16.5. The van der Waals surface area contributed by atoms with Gasteiger partial charge in [0.05, 0.1) is 26.0 Å². The number of ether oxygens (including phenoxy) is 3. The molecule has 0 amide bonds. The van der Waals surface area contributed by atoms with Gasteiger partial charge >= 0.3 is 5.97 Å². The molecule has 0 atom stereocenters. The second kappa shape index (κ2) is 9.20. The molecule has 0 saturated carbocycles. The predicted octanol–water partition coefficient (Wildman–Crippen LogP) is 5.24. The predicted molar refractivity (Wildman–Crippen MR) is 126 cm³/mol. The van der Waals surface area contributed by atoms with Crippen molar-refractivity contribution in [2.45, 2.75) is 20.3 Å². The van der Waals surface area contributed by atoms with Crippen LogP contribution in [0.4, 0.5) is 0 Å². The number of benzene rings is 3. The summed E-state index contributed by atoms with van der Waals surface area (Å²) in [6.45, 7) is 3.76. The minimum atomic E-state index is -0.556.